The Hall–Kier alpha value is -2.45. The van der Waals surface area contributed by atoms with Crippen LogP contribution in [0.15, 0.2) is 60.7 Å². The van der Waals surface area contributed by atoms with Crippen LogP contribution in [0, 0.1) is 0 Å². The molecule has 1 aliphatic rings. The molecular formula is C20H16O2. The van der Waals surface area contributed by atoms with Crippen molar-refractivity contribution in [2.75, 3.05) is 6.61 Å². The van der Waals surface area contributed by atoms with Gasteiger partial charge in [0.2, 0.25) is 0 Å². The Kier molecular flexibility index (Phi) is 3.05. The molecule has 2 heteroatoms. The van der Waals surface area contributed by atoms with Crippen molar-refractivity contribution in [3.8, 4) is 11.1 Å². The van der Waals surface area contributed by atoms with Gasteiger partial charge in [-0.05, 0) is 34.9 Å². The fourth-order valence-electron chi connectivity index (χ4n) is 3.26. The summed E-state index contributed by atoms with van der Waals surface area (Å²) in [6.45, 7) is 2.17. The fourth-order valence-corrected chi connectivity index (χ4v) is 3.26. The second-order valence-corrected chi connectivity index (χ2v) is 5.68. The van der Waals surface area contributed by atoms with Gasteiger partial charge in [-0.1, -0.05) is 54.6 Å². The van der Waals surface area contributed by atoms with Crippen molar-refractivity contribution < 1.29 is 9.53 Å². The monoisotopic (exact) mass is 288 g/mol. The summed E-state index contributed by atoms with van der Waals surface area (Å²) in [5.41, 5.74) is 3.93. The first-order valence-electron chi connectivity index (χ1n) is 7.51. The van der Waals surface area contributed by atoms with Crippen molar-refractivity contribution >= 4 is 16.6 Å². The molecule has 0 amide bonds. The average Bonchev–Trinajstić information content (AvgIpc) is 2.57. The normalized spacial score (nSPS) is 17.5. The van der Waals surface area contributed by atoms with Crippen LogP contribution in [0.5, 0.6) is 0 Å². The number of carbonyl (C=O) groups is 1. The van der Waals surface area contributed by atoms with Crippen LogP contribution in [0.1, 0.15) is 28.9 Å². The number of fused-ring (bicyclic) bond motifs is 2. The first kappa shape index (κ1) is 13.2. The van der Waals surface area contributed by atoms with E-state index in [1.165, 1.54) is 0 Å². The summed E-state index contributed by atoms with van der Waals surface area (Å²) >= 11 is 0. The van der Waals surface area contributed by atoms with Gasteiger partial charge in [-0.25, -0.2) is 0 Å². The second-order valence-electron chi connectivity index (χ2n) is 5.68. The zero-order valence-electron chi connectivity index (χ0n) is 12.4. The summed E-state index contributed by atoms with van der Waals surface area (Å²) in [5, 5.41) is 2.26. The smallest absolute Gasteiger partial charge is 0.189 e. The highest BCUT2D eigenvalue weighted by atomic mass is 16.5. The second kappa shape index (κ2) is 5.08. The number of hydrogen-bond acceptors (Lipinski definition) is 2. The third kappa shape index (κ3) is 1.96. The van der Waals surface area contributed by atoms with Crippen molar-refractivity contribution in [1.82, 2.24) is 0 Å². The summed E-state index contributed by atoms with van der Waals surface area (Å²) in [4.78, 5) is 12.5. The minimum Gasteiger partial charge on any atom is -0.366 e. The van der Waals surface area contributed by atoms with Gasteiger partial charge in [0.25, 0.3) is 0 Å². The predicted octanol–water partition coefficient (Wildman–Crippen LogP) is 4.78. The quantitative estimate of drug-likeness (QED) is 0.644. The number of Topliss-reactive ketones (excluding diaryl/α,β-unsaturated/α-hetero) is 1. The van der Waals surface area contributed by atoms with E-state index in [1.807, 2.05) is 37.3 Å². The zero-order chi connectivity index (χ0) is 15.1. The van der Waals surface area contributed by atoms with E-state index < -0.39 is 0 Å². The molecule has 0 N–H and O–H groups in total. The van der Waals surface area contributed by atoms with Gasteiger partial charge in [0, 0.05) is 11.1 Å². The van der Waals surface area contributed by atoms with Gasteiger partial charge in [0.05, 0.1) is 6.10 Å². The summed E-state index contributed by atoms with van der Waals surface area (Å²) in [5.74, 6) is 0.0673. The van der Waals surface area contributed by atoms with E-state index in [0.717, 1.165) is 33.0 Å². The highest BCUT2D eigenvalue weighted by Crippen LogP contribution is 2.39. The first-order valence-corrected chi connectivity index (χ1v) is 7.51. The lowest BCUT2D eigenvalue weighted by Gasteiger charge is -2.26. The van der Waals surface area contributed by atoms with E-state index in [0.29, 0.717) is 0 Å². The van der Waals surface area contributed by atoms with E-state index in [-0.39, 0.29) is 18.5 Å². The van der Waals surface area contributed by atoms with Crippen LogP contribution in [-0.4, -0.2) is 12.4 Å². The van der Waals surface area contributed by atoms with Crippen LogP contribution in [0.4, 0.5) is 0 Å². The molecule has 0 saturated heterocycles. The fraction of sp³-hybridized carbons (Fsp3) is 0.150. The number of benzene rings is 3. The number of ketones is 1. The van der Waals surface area contributed by atoms with E-state index >= 15 is 0 Å². The molecule has 0 fully saturated rings. The molecule has 0 spiro atoms. The van der Waals surface area contributed by atoms with Crippen molar-refractivity contribution in [2.24, 2.45) is 0 Å². The van der Waals surface area contributed by atoms with Crippen LogP contribution in [0.3, 0.4) is 0 Å². The Bertz CT molecular complexity index is 866. The molecule has 4 rings (SSSR count). The van der Waals surface area contributed by atoms with Gasteiger partial charge in [-0.3, -0.25) is 4.79 Å². The van der Waals surface area contributed by atoms with Gasteiger partial charge >= 0.3 is 0 Å². The number of carbonyl (C=O) groups excluding carboxylic acids is 1. The molecule has 0 aliphatic carbocycles. The van der Waals surface area contributed by atoms with Gasteiger partial charge in [0.15, 0.2) is 5.78 Å². The minimum atomic E-state index is -0.0558. The molecule has 108 valence electrons. The Morgan fingerprint density at radius 1 is 0.955 bits per heavy atom. The lowest BCUT2D eigenvalue weighted by Crippen LogP contribution is -2.22. The molecule has 0 bridgehead atoms. The van der Waals surface area contributed by atoms with Gasteiger partial charge in [-0.2, -0.15) is 0 Å². The molecule has 0 aromatic heterocycles. The molecular weight excluding hydrogens is 272 g/mol. The lowest BCUT2D eigenvalue weighted by molar-refractivity contribution is 0.0438. The molecule has 22 heavy (non-hydrogen) atoms. The number of ether oxygens (including phenoxy) is 1. The predicted molar refractivity (Wildman–Crippen MR) is 88.1 cm³/mol. The highest BCUT2D eigenvalue weighted by molar-refractivity contribution is 6.13. The number of hydrogen-bond donors (Lipinski definition) is 0. The largest absolute Gasteiger partial charge is 0.366 e. The summed E-state index contributed by atoms with van der Waals surface area (Å²) in [7, 11) is 0. The zero-order valence-corrected chi connectivity index (χ0v) is 12.4. The van der Waals surface area contributed by atoms with Crippen LogP contribution >= 0.6 is 0 Å². The molecule has 0 radical (unpaired) electrons. The van der Waals surface area contributed by atoms with Crippen molar-refractivity contribution in [2.45, 2.75) is 13.0 Å². The Labute approximate surface area is 129 Å². The van der Waals surface area contributed by atoms with Crippen LogP contribution < -0.4 is 0 Å². The van der Waals surface area contributed by atoms with Gasteiger partial charge in [-0.15, -0.1) is 0 Å². The molecule has 1 atom stereocenters. The van der Waals surface area contributed by atoms with Gasteiger partial charge in [0.1, 0.15) is 6.61 Å². The maximum absolute atomic E-state index is 12.5. The molecule has 1 heterocycles. The summed E-state index contributed by atoms with van der Waals surface area (Å²) in [6, 6.07) is 20.5. The van der Waals surface area contributed by atoms with E-state index in [1.54, 1.807) is 0 Å². The molecule has 1 unspecified atom stereocenters. The maximum Gasteiger partial charge on any atom is 0.189 e. The third-order valence-corrected chi connectivity index (χ3v) is 4.32. The first-order chi connectivity index (χ1) is 10.8. The van der Waals surface area contributed by atoms with Crippen molar-refractivity contribution in [1.29, 1.82) is 0 Å². The highest BCUT2D eigenvalue weighted by Gasteiger charge is 2.28. The molecule has 3 aromatic rings. The van der Waals surface area contributed by atoms with Crippen molar-refractivity contribution in [3.63, 3.8) is 0 Å². The number of rotatable bonds is 1. The summed E-state index contributed by atoms with van der Waals surface area (Å²) < 4.78 is 5.61. The maximum atomic E-state index is 12.5. The van der Waals surface area contributed by atoms with Crippen LogP contribution in [-0.2, 0) is 4.74 Å². The van der Waals surface area contributed by atoms with E-state index in [4.69, 9.17) is 4.74 Å². The van der Waals surface area contributed by atoms with E-state index in [2.05, 4.69) is 30.3 Å². The Morgan fingerprint density at radius 3 is 2.50 bits per heavy atom. The molecule has 0 saturated carbocycles. The SMILES string of the molecule is CC1OCC(=O)c2c1cc1ccccc1c2-c1ccccc1. The minimum absolute atomic E-state index is 0.0558. The Morgan fingerprint density at radius 2 is 1.68 bits per heavy atom. The van der Waals surface area contributed by atoms with Crippen LogP contribution in [0.2, 0.25) is 0 Å². The van der Waals surface area contributed by atoms with E-state index in [9.17, 15) is 4.79 Å². The van der Waals surface area contributed by atoms with Crippen LogP contribution in [0.25, 0.3) is 21.9 Å². The lowest BCUT2D eigenvalue weighted by atomic mass is 9.85. The van der Waals surface area contributed by atoms with Crippen molar-refractivity contribution in [3.05, 3.63) is 71.8 Å². The summed E-state index contributed by atoms with van der Waals surface area (Å²) in [6.07, 6.45) is -0.0558. The molecule has 1 aliphatic heterocycles. The third-order valence-electron chi connectivity index (χ3n) is 4.32. The van der Waals surface area contributed by atoms with Gasteiger partial charge < -0.3 is 4.74 Å². The molecule has 2 nitrogen and oxygen atoms in total. The standard InChI is InChI=1S/C20H16O2/c1-13-17-11-15-9-5-6-10-16(15)19(14-7-3-2-4-8-14)20(17)18(21)12-22-13/h2-11,13H,12H2,1H3. The molecule has 3 aromatic carbocycles. The average molecular weight is 288 g/mol. The Balaban J connectivity index is 2.16. The topological polar surface area (TPSA) is 26.3 Å².